The van der Waals surface area contributed by atoms with Gasteiger partial charge in [-0.1, -0.05) is 27.7 Å². The number of phenols is 1. The van der Waals surface area contributed by atoms with Crippen molar-refractivity contribution in [3.8, 4) is 17.2 Å². The number of benzene rings is 1. The molecule has 0 aromatic heterocycles. The molecule has 1 N–H and O–H groups in total. The van der Waals surface area contributed by atoms with E-state index in [0.29, 0.717) is 0 Å². The number of ether oxygens (including phenoxy) is 5. The number of phenolic OH excluding ortho intramolecular Hbond substituents is 1. The maximum Gasteiger partial charge on any atom is 0.308 e. The zero-order valence-electron chi connectivity index (χ0n) is 25.2. The number of carbonyl (C=O) groups excluding carboxylic acids is 6. The molecule has 12 nitrogen and oxygen atoms in total. The van der Waals surface area contributed by atoms with Crippen LogP contribution in [-0.2, 0) is 43.6 Å². The van der Waals surface area contributed by atoms with Crippen LogP contribution in [0.4, 0.5) is 0 Å². The monoisotopic (exact) mass is 588 g/mol. The molecule has 0 saturated heterocycles. The average Bonchev–Trinajstić information content (AvgIpc) is 2.83. The number of hydrogen-bond donors (Lipinski definition) is 1. The number of Topliss-reactive ketones (excluding diaryl/α,β-unsaturated/α-hetero) is 1. The molecule has 1 fully saturated rings. The summed E-state index contributed by atoms with van der Waals surface area (Å²) < 4.78 is 27.4. The molecule has 3 rings (SSSR count). The van der Waals surface area contributed by atoms with Crippen LogP contribution >= 0.6 is 0 Å². The van der Waals surface area contributed by atoms with Gasteiger partial charge in [-0.3, -0.25) is 28.8 Å². The van der Waals surface area contributed by atoms with Gasteiger partial charge in [-0.15, -0.1) is 0 Å². The molecule has 1 aromatic rings. The van der Waals surface area contributed by atoms with Gasteiger partial charge in [0.05, 0.1) is 12.2 Å². The number of hydrogen-bond acceptors (Lipinski definition) is 12. The number of ketones is 1. The maximum atomic E-state index is 14.3. The van der Waals surface area contributed by atoms with Crippen molar-refractivity contribution in [2.24, 2.45) is 5.41 Å². The lowest BCUT2D eigenvalue weighted by Crippen LogP contribution is -2.51. The van der Waals surface area contributed by atoms with Crippen LogP contribution in [-0.4, -0.2) is 53.4 Å². The smallest absolute Gasteiger partial charge is 0.308 e. The Morgan fingerprint density at radius 3 is 1.90 bits per heavy atom. The van der Waals surface area contributed by atoms with E-state index >= 15 is 0 Å². The molecule has 2 aliphatic carbocycles. The minimum Gasteiger partial charge on any atom is -0.507 e. The summed E-state index contributed by atoms with van der Waals surface area (Å²) in [5.41, 5.74) is -2.48. The number of rotatable bonds is 7. The Hall–Kier alpha value is -4.22. The Morgan fingerprint density at radius 2 is 1.40 bits per heavy atom. The first kappa shape index (κ1) is 32.3. The number of esters is 5. The van der Waals surface area contributed by atoms with Crippen LogP contribution in [0.2, 0.25) is 0 Å². The minimum atomic E-state index is -1.26. The first-order valence-electron chi connectivity index (χ1n) is 13.4. The van der Waals surface area contributed by atoms with E-state index in [9.17, 15) is 33.9 Å². The second-order valence-corrected chi connectivity index (χ2v) is 11.4. The fourth-order valence-electron chi connectivity index (χ4n) is 6.17. The molecule has 0 spiro atoms. The van der Waals surface area contributed by atoms with E-state index in [4.69, 9.17) is 23.7 Å². The van der Waals surface area contributed by atoms with Crippen molar-refractivity contribution in [3.05, 3.63) is 28.0 Å². The number of fused-ring (bicyclic) bond motifs is 3. The Kier molecular flexibility index (Phi) is 8.90. The average molecular weight is 589 g/mol. The predicted octanol–water partition coefficient (Wildman–Crippen LogP) is 3.93. The highest BCUT2D eigenvalue weighted by atomic mass is 16.6. The third kappa shape index (κ3) is 5.75. The van der Waals surface area contributed by atoms with E-state index in [-0.39, 0.29) is 59.0 Å². The lowest BCUT2D eigenvalue weighted by Gasteiger charge is -2.52. The molecule has 0 heterocycles. The zero-order valence-corrected chi connectivity index (χ0v) is 25.2. The van der Waals surface area contributed by atoms with Crippen LogP contribution < -0.4 is 9.47 Å². The quantitative estimate of drug-likeness (QED) is 0.277. The Balaban J connectivity index is 2.53. The van der Waals surface area contributed by atoms with Gasteiger partial charge in [0.1, 0.15) is 11.9 Å². The van der Waals surface area contributed by atoms with Gasteiger partial charge in [-0.05, 0) is 18.4 Å². The second-order valence-electron chi connectivity index (χ2n) is 11.4. The van der Waals surface area contributed by atoms with Gasteiger partial charge in [0.25, 0.3) is 0 Å². The molecular weight excluding hydrogens is 552 g/mol. The van der Waals surface area contributed by atoms with Crippen molar-refractivity contribution in [3.63, 3.8) is 0 Å². The van der Waals surface area contributed by atoms with E-state index in [0.717, 1.165) is 20.8 Å². The van der Waals surface area contributed by atoms with Gasteiger partial charge in [-0.2, -0.15) is 0 Å². The van der Waals surface area contributed by atoms with Crippen LogP contribution in [0.1, 0.15) is 103 Å². The third-order valence-electron chi connectivity index (χ3n) is 7.61. The van der Waals surface area contributed by atoms with Crippen molar-refractivity contribution in [1.82, 2.24) is 0 Å². The fraction of sp³-hybridized carbons (Fsp3) is 0.533. The molecule has 0 aliphatic heterocycles. The maximum absolute atomic E-state index is 14.3. The lowest BCUT2D eigenvalue weighted by atomic mass is 9.53. The van der Waals surface area contributed by atoms with Crippen molar-refractivity contribution >= 4 is 35.6 Å². The molecule has 12 heteroatoms. The highest BCUT2D eigenvalue weighted by Crippen LogP contribution is 2.63. The number of aromatic hydroxyl groups is 1. The topological polar surface area (TPSA) is 169 Å². The first-order chi connectivity index (χ1) is 19.3. The van der Waals surface area contributed by atoms with Crippen molar-refractivity contribution in [2.75, 3.05) is 6.61 Å². The Bertz CT molecular complexity index is 1420. The van der Waals surface area contributed by atoms with E-state index in [1.54, 1.807) is 27.7 Å². The van der Waals surface area contributed by atoms with Gasteiger partial charge < -0.3 is 28.8 Å². The van der Waals surface area contributed by atoms with Crippen molar-refractivity contribution in [1.29, 1.82) is 0 Å². The van der Waals surface area contributed by atoms with E-state index < -0.39 is 64.2 Å². The lowest BCUT2D eigenvalue weighted by molar-refractivity contribution is -0.154. The molecule has 0 amide bonds. The van der Waals surface area contributed by atoms with Crippen LogP contribution in [0.5, 0.6) is 17.2 Å². The minimum absolute atomic E-state index is 0.0418. The Morgan fingerprint density at radius 1 is 0.857 bits per heavy atom. The zero-order chi connectivity index (χ0) is 31.9. The molecule has 228 valence electrons. The summed E-state index contributed by atoms with van der Waals surface area (Å²) in [6, 6.07) is 0. The van der Waals surface area contributed by atoms with E-state index in [2.05, 4.69) is 0 Å². The summed E-state index contributed by atoms with van der Waals surface area (Å²) in [7, 11) is 0. The van der Waals surface area contributed by atoms with Crippen LogP contribution in [0.15, 0.2) is 11.3 Å². The SMILES string of the molecule is CC(=O)OCC(C)c1c(O)c2c(c(OC(C)=O)c1OC(C)=O)C1(C)CCC(OC(C)=O)C(C)(C)C1=C(OC(C)=O)C2=O. The summed E-state index contributed by atoms with van der Waals surface area (Å²) in [5.74, 6) is -6.93. The molecule has 42 heavy (non-hydrogen) atoms. The molecule has 1 saturated carbocycles. The van der Waals surface area contributed by atoms with Gasteiger partial charge >= 0.3 is 29.8 Å². The van der Waals surface area contributed by atoms with Crippen molar-refractivity contribution in [2.45, 2.75) is 92.6 Å². The summed E-state index contributed by atoms with van der Waals surface area (Å²) in [6.07, 6.45) is -0.259. The molecule has 0 bridgehead atoms. The predicted molar refractivity (Wildman–Crippen MR) is 145 cm³/mol. The Labute approximate surface area is 243 Å². The number of allylic oxidation sites excluding steroid dienone is 1. The van der Waals surface area contributed by atoms with Crippen LogP contribution in [0.25, 0.3) is 0 Å². The second kappa shape index (κ2) is 11.6. The summed E-state index contributed by atoms with van der Waals surface area (Å²) in [4.78, 5) is 74.8. The van der Waals surface area contributed by atoms with E-state index in [1.165, 1.54) is 13.8 Å². The molecule has 3 unspecified atom stereocenters. The van der Waals surface area contributed by atoms with E-state index in [1.807, 2.05) is 0 Å². The molecule has 0 radical (unpaired) electrons. The largest absolute Gasteiger partial charge is 0.507 e. The molecule has 3 atom stereocenters. The number of carbonyl (C=O) groups is 6. The van der Waals surface area contributed by atoms with Crippen molar-refractivity contribution < 1.29 is 57.6 Å². The normalized spacial score (nSPS) is 21.4. The molecular formula is C30H36O12. The van der Waals surface area contributed by atoms with Gasteiger partial charge in [-0.25, -0.2) is 0 Å². The fourth-order valence-corrected chi connectivity index (χ4v) is 6.17. The first-order valence-corrected chi connectivity index (χ1v) is 13.4. The summed E-state index contributed by atoms with van der Waals surface area (Å²) >= 11 is 0. The molecule has 1 aromatic carbocycles. The van der Waals surface area contributed by atoms with Crippen LogP contribution in [0, 0.1) is 5.41 Å². The van der Waals surface area contributed by atoms with Gasteiger partial charge in [0, 0.05) is 62.5 Å². The summed E-state index contributed by atoms with van der Waals surface area (Å²) in [6.45, 7) is 12.2. The highest BCUT2D eigenvalue weighted by Gasteiger charge is 2.58. The molecule has 2 aliphatic rings. The third-order valence-corrected chi connectivity index (χ3v) is 7.61. The summed E-state index contributed by atoms with van der Waals surface area (Å²) in [5, 5.41) is 11.7. The van der Waals surface area contributed by atoms with Crippen LogP contribution in [0.3, 0.4) is 0 Å². The van der Waals surface area contributed by atoms with Gasteiger partial charge in [0.2, 0.25) is 5.78 Å². The highest BCUT2D eigenvalue weighted by molar-refractivity contribution is 6.15. The van der Waals surface area contributed by atoms with Gasteiger partial charge in [0.15, 0.2) is 17.3 Å². The standard InChI is InChI=1S/C30H36O12/c1-13(12-38-14(2)31)20-23(36)21-22(26(41-17(5)34)25(20)40-16(4)33)30(9)11-10-19(39-15(3)32)29(7,8)28(30)27(24(21)37)42-18(6)35/h13,19,36H,10-12H2,1-9H3.